The van der Waals surface area contributed by atoms with E-state index in [9.17, 15) is 9.90 Å². The number of nitrogens with one attached hydrogen (secondary N) is 2. The van der Waals surface area contributed by atoms with Crippen LogP contribution in [0.2, 0.25) is 0 Å². The van der Waals surface area contributed by atoms with Gasteiger partial charge in [0, 0.05) is 30.3 Å². The van der Waals surface area contributed by atoms with E-state index in [2.05, 4.69) is 41.5 Å². The van der Waals surface area contributed by atoms with Crippen LogP contribution in [0.15, 0.2) is 64.0 Å². The lowest BCUT2D eigenvalue weighted by Gasteiger charge is -2.46. The number of fused-ring (bicyclic) bond motifs is 4. The Morgan fingerprint density at radius 3 is 2.48 bits per heavy atom. The number of aliphatic hydroxyl groups excluding tert-OH is 1. The van der Waals surface area contributed by atoms with Crippen LogP contribution >= 0.6 is 0 Å². The molecule has 0 spiro atoms. The predicted molar refractivity (Wildman–Crippen MR) is 177 cm³/mol. The first-order chi connectivity index (χ1) is 22.4. The lowest BCUT2D eigenvalue weighted by molar-refractivity contribution is 0.0747. The average molecular weight is 624 g/mol. The lowest BCUT2D eigenvalue weighted by atomic mass is 9.71. The largest absolute Gasteiger partial charge is 0.394 e. The fourth-order valence-electron chi connectivity index (χ4n) is 6.92. The van der Waals surface area contributed by atoms with Gasteiger partial charge >= 0.3 is 0 Å². The van der Waals surface area contributed by atoms with E-state index < -0.39 is 0 Å². The van der Waals surface area contributed by atoms with Crippen LogP contribution in [0.25, 0.3) is 22.5 Å². The lowest BCUT2D eigenvalue weighted by Crippen LogP contribution is -2.51. The van der Waals surface area contributed by atoms with Gasteiger partial charge in [0.15, 0.2) is 11.5 Å². The smallest absolute Gasteiger partial charge is 0.276 e. The molecule has 0 amide bonds. The van der Waals surface area contributed by atoms with Gasteiger partial charge in [-0.3, -0.25) is 9.48 Å². The molecule has 2 bridgehead atoms. The molecule has 4 aromatic heterocycles. The first-order valence-corrected chi connectivity index (χ1v) is 16.3. The minimum atomic E-state index is -0.382. The number of benzene rings is 1. The first kappa shape index (κ1) is 30.1. The highest BCUT2D eigenvalue weighted by Gasteiger charge is 2.44. The van der Waals surface area contributed by atoms with Gasteiger partial charge in [-0.25, -0.2) is 14.6 Å². The summed E-state index contributed by atoms with van der Waals surface area (Å²) in [5.74, 6) is 2.25. The third-order valence-corrected chi connectivity index (χ3v) is 9.47. The Hall–Kier alpha value is -4.55. The third kappa shape index (κ3) is 5.45. The molecular formula is C34H41N9O3. The summed E-state index contributed by atoms with van der Waals surface area (Å²) >= 11 is 0. The van der Waals surface area contributed by atoms with E-state index >= 15 is 0 Å². The monoisotopic (exact) mass is 623 g/mol. The number of hydrogen-bond acceptors (Lipinski definition) is 10. The Labute approximate surface area is 267 Å². The van der Waals surface area contributed by atoms with E-state index in [1.54, 1.807) is 16.9 Å². The summed E-state index contributed by atoms with van der Waals surface area (Å²) in [7, 11) is 0. The van der Waals surface area contributed by atoms with Gasteiger partial charge in [-0.15, -0.1) is 0 Å². The molecule has 3 aliphatic heterocycles. The number of aromatic nitrogens is 6. The van der Waals surface area contributed by atoms with Crippen molar-refractivity contribution >= 4 is 28.4 Å². The second-order valence-electron chi connectivity index (χ2n) is 12.8. The van der Waals surface area contributed by atoms with Crippen LogP contribution in [0.3, 0.4) is 0 Å². The number of anilines is 3. The molecule has 46 heavy (non-hydrogen) atoms. The van der Waals surface area contributed by atoms with Gasteiger partial charge in [-0.1, -0.05) is 42.4 Å². The first-order valence-electron chi connectivity index (χ1n) is 16.3. The van der Waals surface area contributed by atoms with Gasteiger partial charge in [-0.2, -0.15) is 4.98 Å². The Morgan fingerprint density at radius 1 is 1.02 bits per heavy atom. The van der Waals surface area contributed by atoms with E-state index in [-0.39, 0.29) is 29.7 Å². The van der Waals surface area contributed by atoms with Crippen molar-refractivity contribution in [2.24, 2.45) is 0 Å². The summed E-state index contributed by atoms with van der Waals surface area (Å²) in [6.45, 7) is 9.84. The fourth-order valence-corrected chi connectivity index (χ4v) is 6.92. The molecule has 3 fully saturated rings. The summed E-state index contributed by atoms with van der Waals surface area (Å²) in [5, 5.41) is 22.3. The van der Waals surface area contributed by atoms with Gasteiger partial charge in [-0.05, 0) is 76.9 Å². The van der Waals surface area contributed by atoms with Crippen molar-refractivity contribution in [1.82, 2.24) is 34.4 Å². The summed E-state index contributed by atoms with van der Waals surface area (Å²) in [5.41, 5.74) is 2.82. The van der Waals surface area contributed by atoms with Crippen LogP contribution in [-0.2, 0) is 12.0 Å². The normalized spacial score (nSPS) is 20.0. The number of pyridine rings is 2. The molecule has 0 radical (unpaired) electrons. The molecule has 240 valence electrons. The van der Waals surface area contributed by atoms with Gasteiger partial charge in [0.1, 0.15) is 11.6 Å². The number of piperidine rings is 3. The molecule has 0 aliphatic carbocycles. The van der Waals surface area contributed by atoms with Crippen LogP contribution < -0.4 is 16.2 Å². The van der Waals surface area contributed by atoms with Crippen molar-refractivity contribution < 1.29 is 9.63 Å². The second kappa shape index (κ2) is 12.3. The van der Waals surface area contributed by atoms with Crippen LogP contribution in [0.5, 0.6) is 0 Å². The van der Waals surface area contributed by atoms with E-state index in [1.165, 1.54) is 0 Å². The Morgan fingerprint density at radius 2 is 1.78 bits per heavy atom. The second-order valence-corrected chi connectivity index (χ2v) is 12.8. The standard InChI is InChI=1S/C34H41N9O3/c1-4-15-42-32(45)24-10-11-28(38-30(24)43(42)22(2)3)37-29-19-26(36-27(21-44)23-8-6-5-7-9-23)25(20-35-29)31-39-33(40-46-31)34-12-16-41(17-13-34)18-14-34/h5-11,19-20,22,27,44H,4,12-18,21H2,1-3H3,(H2,35,36,37,38)/t27-/m1/s1. The fraction of sp³-hybridized carbons (Fsp3) is 0.441. The zero-order valence-electron chi connectivity index (χ0n) is 26.6. The van der Waals surface area contributed by atoms with E-state index in [0.717, 1.165) is 56.7 Å². The summed E-state index contributed by atoms with van der Waals surface area (Å²) in [6.07, 6.45) is 5.65. The predicted octanol–water partition coefficient (Wildman–Crippen LogP) is 5.26. The molecule has 0 unspecified atom stereocenters. The minimum Gasteiger partial charge on any atom is -0.394 e. The van der Waals surface area contributed by atoms with Gasteiger partial charge in [0.2, 0.25) is 0 Å². The maximum absolute atomic E-state index is 13.1. The Kier molecular flexibility index (Phi) is 8.07. The number of aliphatic hydroxyl groups is 1. The third-order valence-electron chi connectivity index (χ3n) is 9.47. The SMILES string of the molecule is CCCn1c(=O)c2ccc(Nc3cc(N[C@H](CO)c4ccccc4)c(-c4nc(C56CCN(CC5)CC6)no4)cn3)nc2n1C(C)C. The molecule has 5 aromatic rings. The topological polar surface area (TPSA) is 139 Å². The van der Waals surface area contributed by atoms with E-state index in [0.29, 0.717) is 46.4 Å². The molecule has 0 saturated carbocycles. The Balaban J connectivity index is 1.25. The summed E-state index contributed by atoms with van der Waals surface area (Å²) < 4.78 is 9.64. The molecule has 3 N–H and O–H groups in total. The highest BCUT2D eigenvalue weighted by molar-refractivity contribution is 5.79. The molecular weight excluding hydrogens is 582 g/mol. The van der Waals surface area contributed by atoms with Crippen molar-refractivity contribution in [2.75, 3.05) is 36.9 Å². The van der Waals surface area contributed by atoms with Gasteiger partial charge in [0.05, 0.1) is 29.3 Å². The zero-order valence-corrected chi connectivity index (χ0v) is 26.6. The molecule has 3 aliphatic rings. The molecule has 12 heteroatoms. The molecule has 1 atom stereocenters. The van der Waals surface area contributed by atoms with Gasteiger partial charge < -0.3 is 25.2 Å². The van der Waals surface area contributed by atoms with E-state index in [1.807, 2.05) is 47.1 Å². The van der Waals surface area contributed by atoms with Crippen LogP contribution in [0.1, 0.15) is 69.9 Å². The van der Waals surface area contributed by atoms with Crippen molar-refractivity contribution in [3.8, 4) is 11.5 Å². The van der Waals surface area contributed by atoms with E-state index in [4.69, 9.17) is 19.5 Å². The summed E-state index contributed by atoms with van der Waals surface area (Å²) in [6, 6.07) is 15.0. The van der Waals surface area contributed by atoms with Crippen molar-refractivity contribution in [3.05, 3.63) is 76.5 Å². The minimum absolute atomic E-state index is 0.0354. The molecule has 12 nitrogen and oxygen atoms in total. The van der Waals surface area contributed by atoms with Gasteiger partial charge in [0.25, 0.3) is 11.4 Å². The van der Waals surface area contributed by atoms with Crippen LogP contribution in [0, 0.1) is 0 Å². The van der Waals surface area contributed by atoms with Crippen LogP contribution in [0.4, 0.5) is 17.3 Å². The zero-order chi connectivity index (χ0) is 31.8. The van der Waals surface area contributed by atoms with Crippen molar-refractivity contribution in [3.63, 3.8) is 0 Å². The van der Waals surface area contributed by atoms with Crippen molar-refractivity contribution in [2.45, 2.75) is 70.5 Å². The number of rotatable bonds is 11. The van der Waals surface area contributed by atoms with Crippen LogP contribution in [-0.4, -0.2) is 65.7 Å². The average Bonchev–Trinajstić information content (AvgIpc) is 3.69. The molecule has 1 aromatic carbocycles. The quantitative estimate of drug-likeness (QED) is 0.179. The molecule has 8 rings (SSSR count). The Bertz CT molecular complexity index is 1870. The highest BCUT2D eigenvalue weighted by Crippen LogP contribution is 2.42. The number of nitrogens with zero attached hydrogens (tertiary/aromatic N) is 7. The highest BCUT2D eigenvalue weighted by atomic mass is 16.5. The molecule has 3 saturated heterocycles. The maximum Gasteiger partial charge on any atom is 0.276 e. The molecule has 7 heterocycles. The maximum atomic E-state index is 13.1. The number of hydrogen-bond donors (Lipinski definition) is 3. The van der Waals surface area contributed by atoms with Crippen molar-refractivity contribution in [1.29, 1.82) is 0 Å². The summed E-state index contributed by atoms with van der Waals surface area (Å²) in [4.78, 5) is 30.1.